The minimum Gasteiger partial charge on any atom is -0.387 e. The van der Waals surface area contributed by atoms with E-state index in [-0.39, 0.29) is 12.6 Å². The van der Waals surface area contributed by atoms with E-state index in [0.717, 1.165) is 5.56 Å². The molecule has 5 nitrogen and oxygen atoms in total. The van der Waals surface area contributed by atoms with Crippen molar-refractivity contribution in [2.24, 2.45) is 0 Å². The standard InChI is InChI=1S/C18H18ClN3O2/c1-12(14-8-6-13(10-20)7-9-14)22-18(24)21-11-17(23)15-4-2-3-5-16(15)19/h2-9,12,17,23H,11H2,1H3,(H2,21,22,24). The van der Waals surface area contributed by atoms with Crippen LogP contribution in [-0.2, 0) is 0 Å². The number of hydrogen-bond donors (Lipinski definition) is 3. The van der Waals surface area contributed by atoms with Gasteiger partial charge < -0.3 is 15.7 Å². The Labute approximate surface area is 145 Å². The summed E-state index contributed by atoms with van der Waals surface area (Å²) >= 11 is 6.01. The van der Waals surface area contributed by atoms with Gasteiger partial charge in [0.2, 0.25) is 0 Å². The molecule has 0 aliphatic carbocycles. The van der Waals surface area contributed by atoms with Crippen LogP contribution in [0.15, 0.2) is 48.5 Å². The lowest BCUT2D eigenvalue weighted by Crippen LogP contribution is -2.39. The highest BCUT2D eigenvalue weighted by atomic mass is 35.5. The molecule has 0 fully saturated rings. The molecule has 2 unspecified atom stereocenters. The highest BCUT2D eigenvalue weighted by Gasteiger charge is 2.14. The molecule has 24 heavy (non-hydrogen) atoms. The summed E-state index contributed by atoms with van der Waals surface area (Å²) in [4.78, 5) is 12.0. The van der Waals surface area contributed by atoms with Gasteiger partial charge in [0.15, 0.2) is 0 Å². The van der Waals surface area contributed by atoms with Crippen LogP contribution in [0, 0.1) is 11.3 Å². The van der Waals surface area contributed by atoms with Crippen LogP contribution >= 0.6 is 11.6 Å². The van der Waals surface area contributed by atoms with Gasteiger partial charge in [-0.2, -0.15) is 5.26 Å². The first-order chi connectivity index (χ1) is 11.5. The van der Waals surface area contributed by atoms with Crippen molar-refractivity contribution in [3.63, 3.8) is 0 Å². The first-order valence-corrected chi connectivity index (χ1v) is 7.86. The van der Waals surface area contributed by atoms with E-state index in [1.165, 1.54) is 0 Å². The van der Waals surface area contributed by atoms with Gasteiger partial charge in [0, 0.05) is 17.1 Å². The Hall–Kier alpha value is -2.55. The van der Waals surface area contributed by atoms with Gasteiger partial charge in [-0.05, 0) is 30.7 Å². The molecule has 124 valence electrons. The van der Waals surface area contributed by atoms with Crippen LogP contribution in [0.3, 0.4) is 0 Å². The molecule has 2 amide bonds. The van der Waals surface area contributed by atoms with Crippen molar-refractivity contribution in [1.82, 2.24) is 10.6 Å². The molecule has 0 aromatic heterocycles. The Morgan fingerprint density at radius 1 is 1.25 bits per heavy atom. The molecule has 0 radical (unpaired) electrons. The van der Waals surface area contributed by atoms with Gasteiger partial charge in [-0.25, -0.2) is 4.79 Å². The molecule has 0 saturated carbocycles. The van der Waals surface area contributed by atoms with Gasteiger partial charge in [-0.3, -0.25) is 0 Å². The quantitative estimate of drug-likeness (QED) is 0.778. The molecule has 0 bridgehead atoms. The molecular formula is C18H18ClN3O2. The molecule has 6 heteroatoms. The van der Waals surface area contributed by atoms with Crippen LogP contribution < -0.4 is 10.6 Å². The number of benzene rings is 2. The molecule has 2 rings (SSSR count). The minimum absolute atomic E-state index is 0.0512. The molecule has 0 spiro atoms. The highest BCUT2D eigenvalue weighted by molar-refractivity contribution is 6.31. The fourth-order valence-electron chi connectivity index (χ4n) is 2.22. The Bertz CT molecular complexity index is 741. The summed E-state index contributed by atoms with van der Waals surface area (Å²) in [7, 11) is 0. The SMILES string of the molecule is CC(NC(=O)NCC(O)c1ccccc1Cl)c1ccc(C#N)cc1. The minimum atomic E-state index is -0.880. The maximum Gasteiger partial charge on any atom is 0.315 e. The summed E-state index contributed by atoms with van der Waals surface area (Å²) < 4.78 is 0. The lowest BCUT2D eigenvalue weighted by Gasteiger charge is -2.17. The third-order valence-corrected chi connectivity index (χ3v) is 3.95. The summed E-state index contributed by atoms with van der Waals surface area (Å²) in [5.74, 6) is 0. The second kappa shape index (κ2) is 8.34. The number of carbonyl (C=O) groups is 1. The molecule has 0 saturated heterocycles. The normalized spacial score (nSPS) is 12.8. The lowest BCUT2D eigenvalue weighted by atomic mass is 10.1. The number of carbonyl (C=O) groups excluding carboxylic acids is 1. The van der Waals surface area contributed by atoms with Crippen molar-refractivity contribution in [2.45, 2.75) is 19.1 Å². The summed E-state index contributed by atoms with van der Waals surface area (Å²) in [6, 6.07) is 15.4. The van der Waals surface area contributed by atoms with Crippen LogP contribution in [-0.4, -0.2) is 17.7 Å². The smallest absolute Gasteiger partial charge is 0.315 e. The van der Waals surface area contributed by atoms with E-state index in [1.807, 2.05) is 13.0 Å². The summed E-state index contributed by atoms with van der Waals surface area (Å²) in [6.07, 6.45) is -0.880. The molecule has 3 N–H and O–H groups in total. The number of nitrogens with one attached hydrogen (secondary N) is 2. The van der Waals surface area contributed by atoms with Crippen LogP contribution in [0.4, 0.5) is 4.79 Å². The van der Waals surface area contributed by atoms with E-state index in [9.17, 15) is 9.90 Å². The van der Waals surface area contributed by atoms with Crippen molar-refractivity contribution >= 4 is 17.6 Å². The third-order valence-electron chi connectivity index (χ3n) is 3.61. The van der Waals surface area contributed by atoms with Crippen molar-refractivity contribution < 1.29 is 9.90 Å². The maximum atomic E-state index is 12.0. The van der Waals surface area contributed by atoms with Gasteiger partial charge in [-0.1, -0.05) is 41.9 Å². The predicted molar refractivity (Wildman–Crippen MR) is 92.5 cm³/mol. The average molecular weight is 344 g/mol. The largest absolute Gasteiger partial charge is 0.387 e. The molecule has 2 atom stereocenters. The number of nitrogens with zero attached hydrogens (tertiary/aromatic N) is 1. The molecule has 0 aliphatic heterocycles. The second-order valence-corrected chi connectivity index (χ2v) is 5.75. The number of aliphatic hydroxyl groups excluding tert-OH is 1. The topological polar surface area (TPSA) is 85.2 Å². The zero-order valence-electron chi connectivity index (χ0n) is 13.2. The van der Waals surface area contributed by atoms with Crippen molar-refractivity contribution in [3.05, 3.63) is 70.2 Å². The monoisotopic (exact) mass is 343 g/mol. The third kappa shape index (κ3) is 4.72. The van der Waals surface area contributed by atoms with Gasteiger partial charge in [0.25, 0.3) is 0 Å². The van der Waals surface area contributed by atoms with Crippen molar-refractivity contribution in [3.8, 4) is 6.07 Å². The molecule has 0 aliphatic rings. The molecule has 2 aromatic rings. The van der Waals surface area contributed by atoms with E-state index in [0.29, 0.717) is 16.1 Å². The summed E-state index contributed by atoms with van der Waals surface area (Å²) in [5.41, 5.74) is 2.02. The van der Waals surface area contributed by atoms with Crippen LogP contribution in [0.25, 0.3) is 0 Å². The van der Waals surface area contributed by atoms with Gasteiger partial charge in [0.05, 0.1) is 23.8 Å². The molecule has 2 aromatic carbocycles. The first-order valence-electron chi connectivity index (χ1n) is 7.48. The summed E-state index contributed by atoms with van der Waals surface area (Å²) in [6.45, 7) is 1.89. The second-order valence-electron chi connectivity index (χ2n) is 5.35. The van der Waals surface area contributed by atoms with Gasteiger partial charge in [0.1, 0.15) is 0 Å². The maximum absolute atomic E-state index is 12.0. The number of rotatable bonds is 5. The van der Waals surface area contributed by atoms with Crippen LogP contribution in [0.5, 0.6) is 0 Å². The predicted octanol–water partition coefficient (Wildman–Crippen LogP) is 3.31. The summed E-state index contributed by atoms with van der Waals surface area (Å²) in [5, 5.41) is 24.7. The highest BCUT2D eigenvalue weighted by Crippen LogP contribution is 2.21. The number of amides is 2. The zero-order chi connectivity index (χ0) is 17.5. The average Bonchev–Trinajstić information content (AvgIpc) is 2.60. The van der Waals surface area contributed by atoms with E-state index in [4.69, 9.17) is 16.9 Å². The van der Waals surface area contributed by atoms with Gasteiger partial charge >= 0.3 is 6.03 Å². The number of urea groups is 1. The number of nitriles is 1. The number of hydrogen-bond acceptors (Lipinski definition) is 3. The van der Waals surface area contributed by atoms with E-state index >= 15 is 0 Å². The van der Waals surface area contributed by atoms with E-state index in [1.54, 1.807) is 48.5 Å². The van der Waals surface area contributed by atoms with E-state index < -0.39 is 12.1 Å². The Kier molecular flexibility index (Phi) is 6.19. The zero-order valence-corrected chi connectivity index (χ0v) is 13.9. The Balaban J connectivity index is 1.86. The first kappa shape index (κ1) is 17.8. The number of aliphatic hydroxyl groups is 1. The van der Waals surface area contributed by atoms with Crippen LogP contribution in [0.1, 0.15) is 35.8 Å². The van der Waals surface area contributed by atoms with E-state index in [2.05, 4.69) is 10.6 Å². The Morgan fingerprint density at radius 2 is 1.92 bits per heavy atom. The van der Waals surface area contributed by atoms with Gasteiger partial charge in [-0.15, -0.1) is 0 Å². The molecular weight excluding hydrogens is 326 g/mol. The lowest BCUT2D eigenvalue weighted by molar-refractivity contribution is 0.172. The molecule has 0 heterocycles. The van der Waals surface area contributed by atoms with Crippen molar-refractivity contribution in [2.75, 3.05) is 6.54 Å². The van der Waals surface area contributed by atoms with Crippen LogP contribution in [0.2, 0.25) is 5.02 Å². The fraction of sp³-hybridized carbons (Fsp3) is 0.222. The fourth-order valence-corrected chi connectivity index (χ4v) is 2.48. The number of halogens is 1. The Morgan fingerprint density at radius 3 is 2.54 bits per heavy atom. The van der Waals surface area contributed by atoms with Crippen molar-refractivity contribution in [1.29, 1.82) is 5.26 Å².